The molecule has 2 aromatic rings. The van der Waals surface area contributed by atoms with E-state index < -0.39 is 0 Å². The van der Waals surface area contributed by atoms with Crippen molar-refractivity contribution in [1.82, 2.24) is 5.43 Å². The van der Waals surface area contributed by atoms with E-state index in [0.29, 0.717) is 5.02 Å². The minimum Gasteiger partial charge on any atom is -0.508 e. The summed E-state index contributed by atoms with van der Waals surface area (Å²) in [5, 5.41) is 16.5. The Morgan fingerprint density at radius 1 is 1.24 bits per heavy atom. The molecule has 2 rings (SSSR count). The summed E-state index contributed by atoms with van der Waals surface area (Å²) in [5.74, 6) is -0.0908. The minimum absolute atomic E-state index is 0.0905. The maximum atomic E-state index is 11.6. The van der Waals surface area contributed by atoms with Crippen LogP contribution in [0, 0.1) is 0 Å². The van der Waals surface area contributed by atoms with Crippen molar-refractivity contribution >= 4 is 29.4 Å². The molecule has 0 saturated heterocycles. The second kappa shape index (κ2) is 7.31. The van der Waals surface area contributed by atoms with Gasteiger partial charge in [-0.15, -0.1) is 0 Å². The standard InChI is InChI=1S/C15H14ClN3O2/c16-12-2-1-3-13(8-12)17-10-15(21)19-18-9-11-4-6-14(20)7-5-11/h1-9,17,20H,10H2,(H,19,21)/b18-9+. The number of anilines is 1. The van der Waals surface area contributed by atoms with E-state index in [9.17, 15) is 4.79 Å². The number of carbonyl (C=O) groups excluding carboxylic acids is 1. The van der Waals surface area contributed by atoms with Crippen LogP contribution in [0.5, 0.6) is 5.75 Å². The smallest absolute Gasteiger partial charge is 0.259 e. The lowest BCUT2D eigenvalue weighted by molar-refractivity contribution is -0.119. The maximum absolute atomic E-state index is 11.6. The summed E-state index contributed by atoms with van der Waals surface area (Å²) in [6.07, 6.45) is 1.50. The van der Waals surface area contributed by atoms with Gasteiger partial charge < -0.3 is 10.4 Å². The molecule has 0 fully saturated rings. The quantitative estimate of drug-likeness (QED) is 0.587. The lowest BCUT2D eigenvalue weighted by Crippen LogP contribution is -2.25. The molecule has 0 saturated carbocycles. The number of phenols is 1. The van der Waals surface area contributed by atoms with Crippen LogP contribution in [0.3, 0.4) is 0 Å². The number of nitrogens with one attached hydrogen (secondary N) is 2. The molecule has 6 heteroatoms. The summed E-state index contributed by atoms with van der Waals surface area (Å²) in [4.78, 5) is 11.6. The first-order chi connectivity index (χ1) is 10.1. The molecule has 0 radical (unpaired) electrons. The number of hydrogen-bond donors (Lipinski definition) is 3. The van der Waals surface area contributed by atoms with Crippen LogP contribution >= 0.6 is 11.6 Å². The van der Waals surface area contributed by atoms with Crippen LogP contribution in [0.1, 0.15) is 5.56 Å². The normalized spacial score (nSPS) is 10.5. The number of hydrogen-bond acceptors (Lipinski definition) is 4. The Labute approximate surface area is 127 Å². The largest absolute Gasteiger partial charge is 0.508 e. The van der Waals surface area contributed by atoms with Crippen LogP contribution in [0.4, 0.5) is 5.69 Å². The van der Waals surface area contributed by atoms with Crippen LogP contribution in [0.2, 0.25) is 5.02 Å². The summed E-state index contributed by atoms with van der Waals surface area (Å²) >= 11 is 5.84. The Balaban J connectivity index is 1.78. The topological polar surface area (TPSA) is 73.7 Å². The number of nitrogens with zero attached hydrogens (tertiary/aromatic N) is 1. The summed E-state index contributed by atoms with van der Waals surface area (Å²) in [6.45, 7) is 0.0905. The van der Waals surface area contributed by atoms with E-state index in [1.807, 2.05) is 6.07 Å². The van der Waals surface area contributed by atoms with Crippen molar-refractivity contribution < 1.29 is 9.90 Å². The lowest BCUT2D eigenvalue weighted by Gasteiger charge is -2.05. The third kappa shape index (κ3) is 5.16. The van der Waals surface area contributed by atoms with E-state index in [1.165, 1.54) is 6.21 Å². The molecule has 0 atom stereocenters. The maximum Gasteiger partial charge on any atom is 0.259 e. The fourth-order valence-electron chi connectivity index (χ4n) is 1.56. The summed E-state index contributed by atoms with van der Waals surface area (Å²) in [6, 6.07) is 13.6. The first-order valence-corrected chi connectivity index (χ1v) is 6.61. The SMILES string of the molecule is O=C(CNc1cccc(Cl)c1)N/N=C/c1ccc(O)cc1. The molecule has 3 N–H and O–H groups in total. The van der Waals surface area contributed by atoms with Gasteiger partial charge in [-0.2, -0.15) is 5.10 Å². The van der Waals surface area contributed by atoms with Crippen molar-refractivity contribution in [2.75, 3.05) is 11.9 Å². The number of aromatic hydroxyl groups is 1. The molecular weight excluding hydrogens is 290 g/mol. The monoisotopic (exact) mass is 303 g/mol. The average molecular weight is 304 g/mol. The predicted octanol–water partition coefficient (Wildman–Crippen LogP) is 2.61. The number of hydrazone groups is 1. The molecule has 0 bridgehead atoms. The van der Waals surface area contributed by atoms with Gasteiger partial charge in [0, 0.05) is 10.7 Å². The van der Waals surface area contributed by atoms with Crippen molar-refractivity contribution in [1.29, 1.82) is 0 Å². The first-order valence-electron chi connectivity index (χ1n) is 6.24. The molecule has 21 heavy (non-hydrogen) atoms. The highest BCUT2D eigenvalue weighted by Crippen LogP contribution is 2.14. The van der Waals surface area contributed by atoms with Gasteiger partial charge in [0.2, 0.25) is 0 Å². The van der Waals surface area contributed by atoms with Crippen molar-refractivity contribution in [2.45, 2.75) is 0 Å². The molecule has 5 nitrogen and oxygen atoms in total. The van der Waals surface area contributed by atoms with Gasteiger partial charge in [-0.1, -0.05) is 17.7 Å². The predicted molar refractivity (Wildman–Crippen MR) is 83.8 cm³/mol. The molecule has 2 aromatic carbocycles. The molecule has 0 heterocycles. The first kappa shape index (κ1) is 14.9. The number of amides is 1. The van der Waals surface area contributed by atoms with Crippen LogP contribution in [0.15, 0.2) is 53.6 Å². The third-order valence-electron chi connectivity index (χ3n) is 2.57. The second-order valence-electron chi connectivity index (χ2n) is 4.25. The fourth-order valence-corrected chi connectivity index (χ4v) is 1.75. The van der Waals surface area contributed by atoms with Crippen LogP contribution in [-0.2, 0) is 4.79 Å². The molecule has 1 amide bonds. The van der Waals surface area contributed by atoms with Crippen LogP contribution in [0.25, 0.3) is 0 Å². The summed E-state index contributed by atoms with van der Waals surface area (Å²) in [7, 11) is 0. The van der Waals surface area contributed by atoms with E-state index in [0.717, 1.165) is 11.3 Å². The number of carbonyl (C=O) groups is 1. The minimum atomic E-state index is -0.273. The van der Waals surface area contributed by atoms with Gasteiger partial charge in [-0.3, -0.25) is 4.79 Å². The molecular formula is C15H14ClN3O2. The zero-order chi connectivity index (χ0) is 15.1. The van der Waals surface area contributed by atoms with E-state index in [1.54, 1.807) is 42.5 Å². The molecule has 0 aliphatic heterocycles. The van der Waals surface area contributed by atoms with Gasteiger partial charge in [0.1, 0.15) is 5.75 Å². The molecule has 0 aliphatic carbocycles. The van der Waals surface area contributed by atoms with Crippen LogP contribution in [-0.4, -0.2) is 23.8 Å². The Bertz CT molecular complexity index is 642. The van der Waals surface area contributed by atoms with Gasteiger partial charge in [0.05, 0.1) is 12.8 Å². The Morgan fingerprint density at radius 3 is 2.71 bits per heavy atom. The van der Waals surface area contributed by atoms with Gasteiger partial charge in [-0.25, -0.2) is 5.43 Å². The van der Waals surface area contributed by atoms with Gasteiger partial charge >= 0.3 is 0 Å². The number of benzene rings is 2. The number of halogens is 1. The zero-order valence-electron chi connectivity index (χ0n) is 11.1. The Morgan fingerprint density at radius 2 is 2.00 bits per heavy atom. The van der Waals surface area contributed by atoms with Crippen molar-refractivity contribution in [3.05, 3.63) is 59.1 Å². The van der Waals surface area contributed by atoms with Gasteiger partial charge in [0.15, 0.2) is 0 Å². The number of rotatable bonds is 5. The van der Waals surface area contributed by atoms with E-state index in [-0.39, 0.29) is 18.2 Å². The van der Waals surface area contributed by atoms with Gasteiger partial charge in [0.25, 0.3) is 5.91 Å². The summed E-state index contributed by atoms with van der Waals surface area (Å²) in [5.41, 5.74) is 3.94. The average Bonchev–Trinajstić information content (AvgIpc) is 2.47. The zero-order valence-corrected chi connectivity index (χ0v) is 11.8. The molecule has 0 spiro atoms. The van der Waals surface area contributed by atoms with E-state index >= 15 is 0 Å². The highest BCUT2D eigenvalue weighted by Gasteiger charge is 1.99. The highest BCUT2D eigenvalue weighted by molar-refractivity contribution is 6.30. The lowest BCUT2D eigenvalue weighted by atomic mass is 10.2. The molecule has 0 aromatic heterocycles. The molecule has 108 valence electrons. The molecule has 0 unspecified atom stereocenters. The van der Waals surface area contributed by atoms with Gasteiger partial charge in [-0.05, 0) is 48.0 Å². The molecule has 0 aliphatic rings. The van der Waals surface area contributed by atoms with Crippen molar-refractivity contribution in [3.63, 3.8) is 0 Å². The van der Waals surface area contributed by atoms with E-state index in [4.69, 9.17) is 16.7 Å². The van der Waals surface area contributed by atoms with E-state index in [2.05, 4.69) is 15.8 Å². The second-order valence-corrected chi connectivity index (χ2v) is 4.69. The third-order valence-corrected chi connectivity index (χ3v) is 2.81. The van der Waals surface area contributed by atoms with Crippen molar-refractivity contribution in [3.8, 4) is 5.75 Å². The van der Waals surface area contributed by atoms with Crippen molar-refractivity contribution in [2.24, 2.45) is 5.10 Å². The Kier molecular flexibility index (Phi) is 5.17. The van der Waals surface area contributed by atoms with Crippen LogP contribution < -0.4 is 10.7 Å². The number of phenolic OH excluding ortho intramolecular Hbond substituents is 1. The Hall–Kier alpha value is -2.53. The fraction of sp³-hybridized carbons (Fsp3) is 0.0667. The highest BCUT2D eigenvalue weighted by atomic mass is 35.5. The summed E-state index contributed by atoms with van der Waals surface area (Å²) < 4.78 is 0.